The maximum atomic E-state index is 11.6. The van der Waals surface area contributed by atoms with Crippen LogP contribution in [0.15, 0.2) is 18.2 Å². The van der Waals surface area contributed by atoms with Crippen LogP contribution >= 0.6 is 23.2 Å². The van der Waals surface area contributed by atoms with Crippen LogP contribution in [0.5, 0.6) is 0 Å². The first-order valence-corrected chi connectivity index (χ1v) is 8.20. The lowest BCUT2D eigenvalue weighted by Gasteiger charge is -2.22. The SMILES string of the molecule is O=C(O)C1(Cc2ccc(Cl)cc2Cl)CCS(=O)(=O)C1. The van der Waals surface area contributed by atoms with Gasteiger partial charge in [-0.1, -0.05) is 29.3 Å². The van der Waals surface area contributed by atoms with Crippen LogP contribution < -0.4 is 0 Å². The molecule has 1 saturated heterocycles. The third-order valence-corrected chi connectivity index (χ3v) is 5.79. The van der Waals surface area contributed by atoms with Gasteiger partial charge in [-0.3, -0.25) is 4.79 Å². The van der Waals surface area contributed by atoms with Gasteiger partial charge in [-0.2, -0.15) is 0 Å². The third-order valence-electron chi connectivity index (χ3n) is 3.39. The van der Waals surface area contributed by atoms with E-state index in [1.54, 1.807) is 12.1 Å². The lowest BCUT2D eigenvalue weighted by Crippen LogP contribution is -2.34. The number of carboxylic acid groups (broad SMARTS) is 1. The first kappa shape index (κ1) is 14.6. The molecule has 1 atom stereocenters. The zero-order valence-electron chi connectivity index (χ0n) is 9.90. The molecule has 7 heteroatoms. The Labute approximate surface area is 121 Å². The Kier molecular flexibility index (Phi) is 3.82. The third kappa shape index (κ3) is 3.04. The van der Waals surface area contributed by atoms with Gasteiger partial charge in [0, 0.05) is 10.0 Å². The predicted octanol–water partition coefficient (Wildman–Crippen LogP) is 2.43. The van der Waals surface area contributed by atoms with Crippen LogP contribution in [-0.4, -0.2) is 31.0 Å². The number of hydrogen-bond acceptors (Lipinski definition) is 3. The van der Waals surface area contributed by atoms with Gasteiger partial charge in [0.1, 0.15) is 0 Å². The summed E-state index contributed by atoms with van der Waals surface area (Å²) >= 11 is 11.8. The molecule has 1 heterocycles. The summed E-state index contributed by atoms with van der Waals surface area (Å²) in [5.41, 5.74) is -0.679. The summed E-state index contributed by atoms with van der Waals surface area (Å²) in [6.45, 7) is 0. The average molecular weight is 323 g/mol. The van der Waals surface area contributed by atoms with Crippen molar-refractivity contribution < 1.29 is 18.3 Å². The molecule has 1 N–H and O–H groups in total. The maximum absolute atomic E-state index is 11.6. The highest BCUT2D eigenvalue weighted by Crippen LogP contribution is 2.38. The molecule has 1 aromatic carbocycles. The molecular formula is C12H12Cl2O4S. The van der Waals surface area contributed by atoms with Crippen molar-refractivity contribution in [3.8, 4) is 0 Å². The molecule has 4 nitrogen and oxygen atoms in total. The summed E-state index contributed by atoms with van der Waals surface area (Å²) in [6, 6.07) is 4.78. The van der Waals surface area contributed by atoms with Crippen LogP contribution in [0.2, 0.25) is 10.0 Å². The van der Waals surface area contributed by atoms with Gasteiger partial charge in [0.2, 0.25) is 0 Å². The number of hydrogen-bond donors (Lipinski definition) is 1. The number of aliphatic carboxylic acids is 1. The monoisotopic (exact) mass is 322 g/mol. The largest absolute Gasteiger partial charge is 0.481 e. The van der Waals surface area contributed by atoms with Gasteiger partial charge >= 0.3 is 5.97 Å². The number of carbonyl (C=O) groups is 1. The second-order valence-electron chi connectivity index (χ2n) is 4.84. The summed E-state index contributed by atoms with van der Waals surface area (Å²) in [5.74, 6) is -1.53. The first-order chi connectivity index (χ1) is 8.74. The maximum Gasteiger partial charge on any atom is 0.311 e. The summed E-state index contributed by atoms with van der Waals surface area (Å²) in [7, 11) is -3.29. The average Bonchev–Trinajstić information content (AvgIpc) is 2.60. The molecule has 0 amide bonds. The van der Waals surface area contributed by atoms with E-state index >= 15 is 0 Å². The van der Waals surface area contributed by atoms with Gasteiger partial charge in [0.15, 0.2) is 9.84 Å². The second-order valence-corrected chi connectivity index (χ2v) is 7.87. The highest BCUT2D eigenvalue weighted by atomic mass is 35.5. The Bertz CT molecular complexity index is 627. The van der Waals surface area contributed by atoms with E-state index in [0.29, 0.717) is 15.6 Å². The van der Waals surface area contributed by atoms with Gasteiger partial charge < -0.3 is 5.11 Å². The molecule has 0 aromatic heterocycles. The standard InChI is InChI=1S/C12H12Cl2O4S/c13-9-2-1-8(10(14)5-9)6-12(11(15)16)3-4-19(17,18)7-12/h1-2,5H,3-4,6-7H2,(H,15,16). The second kappa shape index (κ2) is 4.96. The van der Waals surface area contributed by atoms with Crippen LogP contribution in [0, 0.1) is 5.41 Å². The fourth-order valence-corrected chi connectivity index (χ4v) is 4.86. The Balaban J connectivity index is 2.35. The van der Waals surface area contributed by atoms with Crippen molar-refractivity contribution in [1.82, 2.24) is 0 Å². The van der Waals surface area contributed by atoms with E-state index in [-0.39, 0.29) is 24.3 Å². The van der Waals surface area contributed by atoms with E-state index in [4.69, 9.17) is 23.2 Å². The van der Waals surface area contributed by atoms with Gasteiger partial charge in [-0.05, 0) is 30.5 Å². The lowest BCUT2D eigenvalue weighted by molar-refractivity contribution is -0.147. The predicted molar refractivity (Wildman–Crippen MR) is 73.5 cm³/mol. The molecule has 0 spiro atoms. The first-order valence-electron chi connectivity index (χ1n) is 5.62. The van der Waals surface area contributed by atoms with E-state index in [0.717, 1.165) is 0 Å². The highest BCUT2D eigenvalue weighted by molar-refractivity contribution is 7.91. The smallest absolute Gasteiger partial charge is 0.311 e. The normalized spacial score (nSPS) is 25.4. The van der Waals surface area contributed by atoms with E-state index in [1.807, 2.05) is 0 Å². The van der Waals surface area contributed by atoms with Crippen molar-refractivity contribution in [2.75, 3.05) is 11.5 Å². The van der Waals surface area contributed by atoms with E-state index in [2.05, 4.69) is 0 Å². The minimum absolute atomic E-state index is 0.0927. The summed E-state index contributed by atoms with van der Waals surface area (Å²) in [6.07, 6.45) is 0.210. The van der Waals surface area contributed by atoms with Crippen LogP contribution in [0.4, 0.5) is 0 Å². The van der Waals surface area contributed by atoms with Crippen molar-refractivity contribution in [2.24, 2.45) is 5.41 Å². The van der Waals surface area contributed by atoms with E-state index in [9.17, 15) is 18.3 Å². The molecule has 104 valence electrons. The van der Waals surface area contributed by atoms with Crippen LogP contribution in [-0.2, 0) is 21.1 Å². The Hall–Kier alpha value is -0.780. The molecule has 0 saturated carbocycles. The Morgan fingerprint density at radius 1 is 1.37 bits per heavy atom. The molecular weight excluding hydrogens is 311 g/mol. The number of sulfone groups is 1. The zero-order chi connectivity index (χ0) is 14.3. The van der Waals surface area contributed by atoms with Crippen LogP contribution in [0.3, 0.4) is 0 Å². The van der Waals surface area contributed by atoms with E-state index < -0.39 is 21.2 Å². The number of carboxylic acids is 1. The number of rotatable bonds is 3. The van der Waals surface area contributed by atoms with Crippen molar-refractivity contribution >= 4 is 39.0 Å². The number of benzene rings is 1. The lowest BCUT2D eigenvalue weighted by atomic mass is 9.81. The minimum Gasteiger partial charge on any atom is -0.481 e. The van der Waals surface area contributed by atoms with Crippen LogP contribution in [0.25, 0.3) is 0 Å². The molecule has 2 rings (SSSR count). The zero-order valence-corrected chi connectivity index (χ0v) is 12.2. The fraction of sp³-hybridized carbons (Fsp3) is 0.417. The molecule has 0 aliphatic carbocycles. The molecule has 0 radical (unpaired) electrons. The van der Waals surface area contributed by atoms with Crippen molar-refractivity contribution in [3.05, 3.63) is 33.8 Å². The fourth-order valence-electron chi connectivity index (χ4n) is 2.33. The van der Waals surface area contributed by atoms with Gasteiger partial charge in [-0.25, -0.2) is 8.42 Å². The van der Waals surface area contributed by atoms with Gasteiger partial charge in [-0.15, -0.1) is 0 Å². The van der Waals surface area contributed by atoms with Crippen molar-refractivity contribution in [1.29, 1.82) is 0 Å². The minimum atomic E-state index is -3.29. The van der Waals surface area contributed by atoms with Crippen molar-refractivity contribution in [2.45, 2.75) is 12.8 Å². The molecule has 1 fully saturated rings. The summed E-state index contributed by atoms with van der Waals surface area (Å²) in [4.78, 5) is 11.5. The van der Waals surface area contributed by atoms with Crippen molar-refractivity contribution in [3.63, 3.8) is 0 Å². The quantitative estimate of drug-likeness (QED) is 0.927. The Morgan fingerprint density at radius 3 is 2.53 bits per heavy atom. The Morgan fingerprint density at radius 2 is 2.05 bits per heavy atom. The summed E-state index contributed by atoms with van der Waals surface area (Å²) < 4.78 is 23.1. The molecule has 19 heavy (non-hydrogen) atoms. The van der Waals surface area contributed by atoms with Crippen LogP contribution in [0.1, 0.15) is 12.0 Å². The highest BCUT2D eigenvalue weighted by Gasteiger charge is 2.48. The molecule has 1 unspecified atom stereocenters. The van der Waals surface area contributed by atoms with Gasteiger partial charge in [0.25, 0.3) is 0 Å². The molecule has 0 bridgehead atoms. The molecule has 1 aliphatic heterocycles. The van der Waals surface area contributed by atoms with Gasteiger partial charge in [0.05, 0.1) is 16.9 Å². The molecule has 1 aromatic rings. The van der Waals surface area contributed by atoms with E-state index in [1.165, 1.54) is 6.07 Å². The summed E-state index contributed by atoms with van der Waals surface area (Å²) in [5, 5.41) is 10.2. The molecule has 1 aliphatic rings. The topological polar surface area (TPSA) is 71.4 Å². The number of halogens is 2.